The van der Waals surface area contributed by atoms with Crippen LogP contribution in [0.25, 0.3) is 0 Å². The summed E-state index contributed by atoms with van der Waals surface area (Å²) in [6.07, 6.45) is 0. The van der Waals surface area contributed by atoms with Gasteiger partial charge < -0.3 is 14.7 Å². The zero-order valence-corrected chi connectivity index (χ0v) is 23.2. The third kappa shape index (κ3) is 7.65. The lowest BCUT2D eigenvalue weighted by Crippen LogP contribution is -2.07. The van der Waals surface area contributed by atoms with E-state index in [1.54, 1.807) is 6.07 Å². The molecule has 39 heavy (non-hydrogen) atoms. The van der Waals surface area contributed by atoms with Gasteiger partial charge in [0.1, 0.15) is 11.4 Å². The summed E-state index contributed by atoms with van der Waals surface area (Å²) in [7, 11) is 12.1. The minimum atomic E-state index is 0.383. The molecule has 0 aliphatic carbocycles. The second-order valence-corrected chi connectivity index (χ2v) is 9.54. The first kappa shape index (κ1) is 26.9. The van der Waals surface area contributed by atoms with Crippen molar-refractivity contribution in [2.24, 2.45) is 0 Å². The van der Waals surface area contributed by atoms with Gasteiger partial charge in [0.15, 0.2) is 0 Å². The third-order valence-corrected chi connectivity index (χ3v) is 5.87. The second-order valence-electron chi connectivity index (χ2n) is 9.54. The Bertz CT molecular complexity index is 1400. The van der Waals surface area contributed by atoms with Crippen molar-refractivity contribution < 1.29 is 0 Å². The molecule has 3 aromatic carbocycles. The largest absolute Gasteiger partial charge is 0.378 e. The van der Waals surface area contributed by atoms with Crippen molar-refractivity contribution in [2.45, 2.75) is 0 Å². The first-order chi connectivity index (χ1) is 18.8. The Kier molecular flexibility index (Phi) is 8.53. The van der Waals surface area contributed by atoms with E-state index in [0.717, 1.165) is 33.8 Å². The summed E-state index contributed by atoms with van der Waals surface area (Å²) in [5.41, 5.74) is 7.19. The summed E-state index contributed by atoms with van der Waals surface area (Å²) >= 11 is 0. The minimum absolute atomic E-state index is 0.383. The van der Waals surface area contributed by atoms with Gasteiger partial charge in [0.25, 0.3) is 0 Å². The maximum Gasteiger partial charge on any atom is 0.207 e. The molecule has 0 aliphatic heterocycles. The predicted octanol–water partition coefficient (Wildman–Crippen LogP) is 4.87. The number of benzene rings is 3. The molecule has 0 spiro atoms. The second kappa shape index (κ2) is 12.4. The van der Waals surface area contributed by atoms with E-state index >= 15 is 0 Å². The first-order valence-corrected chi connectivity index (χ1v) is 12.5. The average Bonchev–Trinajstić information content (AvgIpc) is 2.94. The lowest BCUT2D eigenvalue weighted by Gasteiger charge is -2.11. The lowest BCUT2D eigenvalue weighted by atomic mass is 10.2. The number of hydrogen-bond acceptors (Lipinski definition) is 5. The highest BCUT2D eigenvalue weighted by molar-refractivity contribution is 5.54. The number of hydrogen-bond donors (Lipinski definition) is 0. The first-order valence-electron chi connectivity index (χ1n) is 12.5. The van der Waals surface area contributed by atoms with E-state index in [9.17, 15) is 0 Å². The van der Waals surface area contributed by atoms with Crippen molar-refractivity contribution in [3.8, 4) is 35.5 Å². The molecule has 5 heteroatoms. The van der Waals surface area contributed by atoms with E-state index in [1.807, 2.05) is 115 Å². The molecule has 192 valence electrons. The van der Waals surface area contributed by atoms with E-state index in [1.165, 1.54) is 0 Å². The fourth-order valence-corrected chi connectivity index (χ4v) is 3.56. The van der Waals surface area contributed by atoms with Crippen LogP contribution in [-0.2, 0) is 0 Å². The molecule has 4 aromatic rings. The summed E-state index contributed by atoms with van der Waals surface area (Å²) in [4.78, 5) is 15.3. The Labute approximate surface area is 232 Å². The molecule has 0 radical (unpaired) electrons. The molecule has 4 rings (SSSR count). The Morgan fingerprint density at radius 2 is 0.718 bits per heavy atom. The molecule has 0 saturated carbocycles. The van der Waals surface area contributed by atoms with E-state index < -0.39 is 0 Å². The van der Waals surface area contributed by atoms with Gasteiger partial charge >= 0.3 is 0 Å². The standard InChI is InChI=1S/C34H31N5/c1-37(2)31-18-9-26(10-19-31)7-16-29-25-30(17-8-27-11-20-32(21-12-27)38(3)4)36-34(35-29)24-15-28-13-22-33(23-14-28)39(5)6/h9-14,18-23,25H,1-6H3. The summed E-state index contributed by atoms with van der Waals surface area (Å²) in [5, 5.41) is 0. The Morgan fingerprint density at radius 3 is 1.03 bits per heavy atom. The van der Waals surface area contributed by atoms with Crippen LogP contribution in [0.3, 0.4) is 0 Å². The zero-order valence-electron chi connectivity index (χ0n) is 23.2. The third-order valence-electron chi connectivity index (χ3n) is 5.87. The fourth-order valence-electron chi connectivity index (χ4n) is 3.56. The SMILES string of the molecule is CN(C)c1ccc(C#Cc2cc(C#Cc3ccc(N(C)C)cc3)nc(C#Cc3ccc(N(C)C)cc3)n2)cc1. The fraction of sp³-hybridized carbons (Fsp3) is 0.176. The Balaban J connectivity index is 1.67. The van der Waals surface area contributed by atoms with Crippen LogP contribution >= 0.6 is 0 Å². The summed E-state index contributed by atoms with van der Waals surface area (Å²) in [6, 6.07) is 26.0. The molecular formula is C34H31N5. The van der Waals surface area contributed by atoms with Crippen LogP contribution in [-0.4, -0.2) is 52.3 Å². The normalized spacial score (nSPS) is 9.69. The minimum Gasteiger partial charge on any atom is -0.378 e. The highest BCUT2D eigenvalue weighted by atomic mass is 15.1. The molecule has 0 amide bonds. The summed E-state index contributed by atoms with van der Waals surface area (Å²) < 4.78 is 0. The molecular weight excluding hydrogens is 478 g/mol. The van der Waals surface area contributed by atoms with Gasteiger partial charge in [-0.1, -0.05) is 17.8 Å². The molecule has 0 unspecified atom stereocenters. The van der Waals surface area contributed by atoms with Crippen LogP contribution in [0.2, 0.25) is 0 Å². The van der Waals surface area contributed by atoms with Gasteiger partial charge in [0, 0.05) is 82.1 Å². The maximum absolute atomic E-state index is 4.59. The van der Waals surface area contributed by atoms with Crippen molar-refractivity contribution in [1.29, 1.82) is 0 Å². The van der Waals surface area contributed by atoms with Crippen molar-refractivity contribution in [2.75, 3.05) is 57.0 Å². The van der Waals surface area contributed by atoms with Gasteiger partial charge in [0.05, 0.1) is 0 Å². The van der Waals surface area contributed by atoms with E-state index in [2.05, 4.69) is 60.2 Å². The number of aromatic nitrogens is 2. The topological polar surface area (TPSA) is 35.5 Å². The highest BCUT2D eigenvalue weighted by Crippen LogP contribution is 2.14. The van der Waals surface area contributed by atoms with Gasteiger partial charge in [-0.2, -0.15) is 0 Å². The van der Waals surface area contributed by atoms with Gasteiger partial charge in [-0.3, -0.25) is 0 Å². The van der Waals surface area contributed by atoms with E-state index in [0.29, 0.717) is 17.2 Å². The maximum atomic E-state index is 4.59. The quantitative estimate of drug-likeness (QED) is 0.368. The molecule has 1 aromatic heterocycles. The predicted molar refractivity (Wildman–Crippen MR) is 162 cm³/mol. The van der Waals surface area contributed by atoms with Crippen LogP contribution in [0.1, 0.15) is 33.9 Å². The molecule has 5 nitrogen and oxygen atoms in total. The van der Waals surface area contributed by atoms with Crippen LogP contribution in [0.15, 0.2) is 78.9 Å². The smallest absolute Gasteiger partial charge is 0.207 e. The number of nitrogens with zero attached hydrogens (tertiary/aromatic N) is 5. The van der Waals surface area contributed by atoms with Crippen molar-refractivity contribution in [3.05, 3.63) is 113 Å². The van der Waals surface area contributed by atoms with E-state index in [4.69, 9.17) is 0 Å². The molecule has 1 heterocycles. The highest BCUT2D eigenvalue weighted by Gasteiger charge is 2.02. The number of anilines is 3. The van der Waals surface area contributed by atoms with Gasteiger partial charge in [-0.25, -0.2) is 9.97 Å². The average molecular weight is 510 g/mol. The Hall–Kier alpha value is -5.18. The monoisotopic (exact) mass is 509 g/mol. The van der Waals surface area contributed by atoms with Gasteiger partial charge in [0.2, 0.25) is 5.82 Å². The molecule has 0 aliphatic rings. The number of rotatable bonds is 3. The molecule has 0 fully saturated rings. The van der Waals surface area contributed by atoms with Crippen molar-refractivity contribution >= 4 is 17.1 Å². The van der Waals surface area contributed by atoms with Crippen LogP contribution in [0.4, 0.5) is 17.1 Å². The molecule has 0 atom stereocenters. The molecule has 0 bridgehead atoms. The summed E-state index contributed by atoms with van der Waals surface area (Å²) in [5.74, 6) is 19.4. The van der Waals surface area contributed by atoms with Crippen LogP contribution < -0.4 is 14.7 Å². The van der Waals surface area contributed by atoms with E-state index in [-0.39, 0.29) is 0 Å². The van der Waals surface area contributed by atoms with Crippen LogP contribution in [0.5, 0.6) is 0 Å². The lowest BCUT2D eigenvalue weighted by molar-refractivity contribution is 1.09. The zero-order chi connectivity index (χ0) is 27.8. The van der Waals surface area contributed by atoms with Gasteiger partial charge in [-0.05, 0) is 90.6 Å². The van der Waals surface area contributed by atoms with Gasteiger partial charge in [-0.15, -0.1) is 0 Å². The van der Waals surface area contributed by atoms with Crippen LogP contribution in [0, 0.1) is 35.5 Å². The molecule has 0 saturated heterocycles. The summed E-state index contributed by atoms with van der Waals surface area (Å²) in [6.45, 7) is 0. The van der Waals surface area contributed by atoms with Crippen molar-refractivity contribution in [1.82, 2.24) is 9.97 Å². The molecule has 0 N–H and O–H groups in total. The Morgan fingerprint density at radius 1 is 0.410 bits per heavy atom. The van der Waals surface area contributed by atoms with Crippen molar-refractivity contribution in [3.63, 3.8) is 0 Å².